The number of carbonyl (C=O) groups is 2. The fourth-order valence-corrected chi connectivity index (χ4v) is 2.70. The Hall–Kier alpha value is -1.43. The Bertz CT molecular complexity index is 538. The molecule has 5 nitrogen and oxygen atoms in total. The normalized spacial score (nSPS) is 16.8. The second-order valence-electron chi connectivity index (χ2n) is 5.98. The summed E-state index contributed by atoms with van der Waals surface area (Å²) in [5.41, 5.74) is 0.257. The standard InChI is InChI=1S/C17H22ClNO4/c18-14-3-1-13(2-4-14)15(21)5-6-16(22)19-11-17(12-20)7-9-23-10-8-17/h1-4,20H,5-12H2,(H,19,22). The summed E-state index contributed by atoms with van der Waals surface area (Å²) in [6.45, 7) is 1.65. The summed E-state index contributed by atoms with van der Waals surface area (Å²) in [6, 6.07) is 6.63. The third kappa shape index (κ3) is 5.30. The van der Waals surface area contributed by atoms with Gasteiger partial charge in [-0.25, -0.2) is 0 Å². The van der Waals surface area contributed by atoms with E-state index in [1.807, 2.05) is 0 Å². The monoisotopic (exact) mass is 339 g/mol. The molecule has 1 aliphatic rings. The molecule has 1 amide bonds. The predicted molar refractivity (Wildman–Crippen MR) is 87.6 cm³/mol. The summed E-state index contributed by atoms with van der Waals surface area (Å²) in [7, 11) is 0. The fourth-order valence-electron chi connectivity index (χ4n) is 2.58. The largest absolute Gasteiger partial charge is 0.396 e. The summed E-state index contributed by atoms with van der Waals surface area (Å²) in [4.78, 5) is 23.9. The van der Waals surface area contributed by atoms with Gasteiger partial charge in [0.2, 0.25) is 5.91 Å². The minimum atomic E-state index is -0.298. The van der Waals surface area contributed by atoms with E-state index in [0.717, 1.165) is 12.8 Å². The van der Waals surface area contributed by atoms with E-state index in [0.29, 0.717) is 30.3 Å². The van der Waals surface area contributed by atoms with Crippen LogP contribution in [0.5, 0.6) is 0 Å². The number of nitrogens with one attached hydrogen (secondary N) is 1. The molecule has 0 spiro atoms. The second-order valence-corrected chi connectivity index (χ2v) is 6.41. The van der Waals surface area contributed by atoms with Gasteiger partial charge in [-0.3, -0.25) is 9.59 Å². The topological polar surface area (TPSA) is 75.6 Å². The zero-order valence-corrected chi connectivity index (χ0v) is 13.8. The summed E-state index contributed by atoms with van der Waals surface area (Å²) < 4.78 is 5.29. The number of Topliss-reactive ketones (excluding diaryl/α,β-unsaturated/α-hetero) is 1. The zero-order chi connectivity index (χ0) is 16.7. The Morgan fingerprint density at radius 2 is 1.83 bits per heavy atom. The van der Waals surface area contributed by atoms with Crippen LogP contribution in [-0.2, 0) is 9.53 Å². The molecule has 0 aromatic heterocycles. The number of benzene rings is 1. The maximum Gasteiger partial charge on any atom is 0.220 e. The summed E-state index contributed by atoms with van der Waals surface area (Å²) in [5, 5.41) is 13.0. The van der Waals surface area contributed by atoms with Crippen LogP contribution < -0.4 is 5.32 Å². The SMILES string of the molecule is O=C(CCC(=O)c1ccc(Cl)cc1)NCC1(CO)CCOCC1. The van der Waals surface area contributed by atoms with Crippen molar-refractivity contribution in [2.24, 2.45) is 5.41 Å². The Labute approximate surface area is 141 Å². The average molecular weight is 340 g/mol. The van der Waals surface area contributed by atoms with Crippen LogP contribution in [0.2, 0.25) is 5.02 Å². The third-order valence-corrected chi connectivity index (χ3v) is 4.55. The lowest BCUT2D eigenvalue weighted by Gasteiger charge is -2.35. The Morgan fingerprint density at radius 1 is 1.17 bits per heavy atom. The van der Waals surface area contributed by atoms with Gasteiger partial charge in [0.1, 0.15) is 0 Å². The second kappa shape index (κ2) is 8.43. The van der Waals surface area contributed by atoms with Crippen LogP contribution in [0, 0.1) is 5.41 Å². The average Bonchev–Trinajstić information content (AvgIpc) is 2.59. The Balaban J connectivity index is 1.76. The maximum absolute atomic E-state index is 12.0. The summed E-state index contributed by atoms with van der Waals surface area (Å²) >= 11 is 5.78. The highest BCUT2D eigenvalue weighted by Gasteiger charge is 2.32. The van der Waals surface area contributed by atoms with E-state index < -0.39 is 0 Å². The van der Waals surface area contributed by atoms with Gasteiger partial charge in [-0.1, -0.05) is 11.6 Å². The number of halogens is 1. The number of amides is 1. The first-order valence-electron chi connectivity index (χ1n) is 7.79. The van der Waals surface area contributed by atoms with E-state index in [-0.39, 0.29) is 36.6 Å². The molecule has 0 unspecified atom stereocenters. The Kier molecular flexibility index (Phi) is 6.57. The highest BCUT2D eigenvalue weighted by Crippen LogP contribution is 2.29. The lowest BCUT2D eigenvalue weighted by molar-refractivity contribution is -0.122. The van der Waals surface area contributed by atoms with E-state index in [9.17, 15) is 14.7 Å². The number of ketones is 1. The Morgan fingerprint density at radius 3 is 2.43 bits per heavy atom. The molecule has 1 aromatic carbocycles. The molecule has 0 saturated carbocycles. The molecular formula is C17H22ClNO4. The van der Waals surface area contributed by atoms with Crippen molar-refractivity contribution in [3.8, 4) is 0 Å². The number of rotatable bonds is 7. The molecular weight excluding hydrogens is 318 g/mol. The molecule has 23 heavy (non-hydrogen) atoms. The molecule has 1 heterocycles. The van der Waals surface area contributed by atoms with Crippen molar-refractivity contribution >= 4 is 23.3 Å². The fraction of sp³-hybridized carbons (Fsp3) is 0.529. The van der Waals surface area contributed by atoms with E-state index in [1.54, 1.807) is 24.3 Å². The van der Waals surface area contributed by atoms with Gasteiger partial charge in [0.05, 0.1) is 6.61 Å². The molecule has 0 atom stereocenters. The van der Waals surface area contributed by atoms with Gasteiger partial charge in [-0.05, 0) is 37.1 Å². The molecule has 1 aliphatic heterocycles. The van der Waals surface area contributed by atoms with Gasteiger partial charge in [0.15, 0.2) is 5.78 Å². The number of ether oxygens (including phenoxy) is 1. The van der Waals surface area contributed by atoms with Crippen molar-refractivity contribution in [3.05, 3.63) is 34.9 Å². The van der Waals surface area contributed by atoms with E-state index in [4.69, 9.17) is 16.3 Å². The minimum absolute atomic E-state index is 0.0281. The first-order valence-corrected chi connectivity index (χ1v) is 8.17. The summed E-state index contributed by atoms with van der Waals surface area (Å²) in [6.07, 6.45) is 1.75. The maximum atomic E-state index is 12.0. The molecule has 1 fully saturated rings. The van der Waals surface area contributed by atoms with Crippen molar-refractivity contribution in [2.75, 3.05) is 26.4 Å². The number of hydrogen-bond acceptors (Lipinski definition) is 4. The van der Waals surface area contributed by atoms with Crippen LogP contribution in [0.1, 0.15) is 36.0 Å². The number of hydrogen-bond donors (Lipinski definition) is 2. The van der Waals surface area contributed by atoms with Gasteiger partial charge in [-0.2, -0.15) is 0 Å². The number of aliphatic hydroxyl groups excluding tert-OH is 1. The minimum Gasteiger partial charge on any atom is -0.396 e. The molecule has 2 rings (SSSR count). The van der Waals surface area contributed by atoms with Gasteiger partial charge < -0.3 is 15.2 Å². The zero-order valence-electron chi connectivity index (χ0n) is 13.0. The van der Waals surface area contributed by atoms with Crippen LogP contribution in [0.4, 0.5) is 0 Å². The first-order chi connectivity index (χ1) is 11.0. The van der Waals surface area contributed by atoms with Crippen LogP contribution in [-0.4, -0.2) is 43.2 Å². The lowest BCUT2D eigenvalue weighted by atomic mass is 9.81. The van der Waals surface area contributed by atoms with Crippen LogP contribution in [0.15, 0.2) is 24.3 Å². The molecule has 6 heteroatoms. The molecule has 0 bridgehead atoms. The molecule has 0 aliphatic carbocycles. The van der Waals surface area contributed by atoms with Gasteiger partial charge in [0, 0.05) is 48.6 Å². The molecule has 2 N–H and O–H groups in total. The van der Waals surface area contributed by atoms with Crippen molar-refractivity contribution in [3.63, 3.8) is 0 Å². The van der Waals surface area contributed by atoms with Crippen molar-refractivity contribution < 1.29 is 19.4 Å². The van der Waals surface area contributed by atoms with Gasteiger partial charge in [-0.15, -0.1) is 0 Å². The number of aliphatic hydroxyl groups is 1. The van der Waals surface area contributed by atoms with Gasteiger partial charge in [0.25, 0.3) is 0 Å². The van der Waals surface area contributed by atoms with Crippen molar-refractivity contribution in [2.45, 2.75) is 25.7 Å². The molecule has 1 saturated heterocycles. The van der Waals surface area contributed by atoms with Crippen LogP contribution in [0.25, 0.3) is 0 Å². The highest BCUT2D eigenvalue weighted by atomic mass is 35.5. The molecule has 126 valence electrons. The van der Waals surface area contributed by atoms with Gasteiger partial charge >= 0.3 is 0 Å². The quantitative estimate of drug-likeness (QED) is 0.747. The first kappa shape index (κ1) is 17.9. The van der Waals surface area contributed by atoms with Crippen LogP contribution >= 0.6 is 11.6 Å². The van der Waals surface area contributed by atoms with E-state index >= 15 is 0 Å². The highest BCUT2D eigenvalue weighted by molar-refractivity contribution is 6.30. The number of carbonyl (C=O) groups excluding carboxylic acids is 2. The van der Waals surface area contributed by atoms with E-state index in [1.165, 1.54) is 0 Å². The lowest BCUT2D eigenvalue weighted by Crippen LogP contribution is -2.43. The predicted octanol–water partition coefficient (Wildman–Crippen LogP) is 2.21. The molecule has 1 aromatic rings. The van der Waals surface area contributed by atoms with Crippen molar-refractivity contribution in [1.29, 1.82) is 0 Å². The van der Waals surface area contributed by atoms with Crippen LogP contribution in [0.3, 0.4) is 0 Å². The van der Waals surface area contributed by atoms with Crippen molar-refractivity contribution in [1.82, 2.24) is 5.32 Å². The summed E-state index contributed by atoms with van der Waals surface area (Å²) in [5.74, 6) is -0.258. The third-order valence-electron chi connectivity index (χ3n) is 4.29. The smallest absolute Gasteiger partial charge is 0.220 e. The van der Waals surface area contributed by atoms with E-state index in [2.05, 4.69) is 5.32 Å². The molecule has 0 radical (unpaired) electrons.